The summed E-state index contributed by atoms with van der Waals surface area (Å²) >= 11 is 5.94. The van der Waals surface area contributed by atoms with Crippen molar-refractivity contribution in [2.45, 2.75) is 25.1 Å². The van der Waals surface area contributed by atoms with E-state index in [9.17, 15) is 18.0 Å². The van der Waals surface area contributed by atoms with Crippen molar-refractivity contribution < 1.29 is 27.4 Å². The number of benzene rings is 3. The molecule has 5 nitrogen and oxygen atoms in total. The van der Waals surface area contributed by atoms with Gasteiger partial charge in [-0.05, 0) is 78.6 Å². The highest BCUT2D eigenvalue weighted by atomic mass is 35.5. The number of carbonyl (C=O) groups is 1. The molecule has 200 valence electrons. The minimum absolute atomic E-state index is 0.0423. The molecule has 0 radical (unpaired) electrons. The highest BCUT2D eigenvalue weighted by Crippen LogP contribution is 2.42. The Kier molecular flexibility index (Phi) is 7.93. The van der Waals surface area contributed by atoms with Gasteiger partial charge in [0.15, 0.2) is 0 Å². The number of ether oxygens (including phenoxy) is 2. The minimum atomic E-state index is -4.47. The molecule has 2 heterocycles. The van der Waals surface area contributed by atoms with E-state index in [1.165, 1.54) is 12.1 Å². The minimum Gasteiger partial charge on any atom is -0.457 e. The van der Waals surface area contributed by atoms with Crippen LogP contribution in [-0.2, 0) is 15.7 Å². The SMILES string of the molecule is O=C1CC[C@@H](CN2CCOCC2)[C@H](c2cccc(C(F)(F)F)c2)N1c1ccc(Oc2ccc(Cl)cc2)cc1. The molecule has 38 heavy (non-hydrogen) atoms. The highest BCUT2D eigenvalue weighted by molar-refractivity contribution is 6.30. The zero-order chi connectivity index (χ0) is 26.7. The van der Waals surface area contributed by atoms with Crippen molar-refractivity contribution >= 4 is 23.2 Å². The van der Waals surface area contributed by atoms with Gasteiger partial charge in [-0.15, -0.1) is 0 Å². The molecule has 2 fully saturated rings. The Labute approximate surface area is 224 Å². The molecule has 2 aliphatic heterocycles. The Hall–Kier alpha value is -3.07. The van der Waals surface area contributed by atoms with E-state index in [-0.39, 0.29) is 11.8 Å². The standard InChI is InChI=1S/C29H28ClF3N2O3/c30-23-5-9-25(10-6-23)38-26-11-7-24(8-12-26)35-27(36)13-4-21(19-34-14-16-37-17-15-34)28(35)20-2-1-3-22(18-20)29(31,32)33/h1-3,5-12,18,21,28H,4,13-17,19H2/t21-,28-/m0/s1. The number of morpholine rings is 1. The first kappa shape index (κ1) is 26.5. The van der Waals surface area contributed by atoms with Crippen LogP contribution in [0.25, 0.3) is 0 Å². The van der Waals surface area contributed by atoms with Crippen molar-refractivity contribution in [1.82, 2.24) is 4.90 Å². The second-order valence-electron chi connectivity index (χ2n) is 9.59. The van der Waals surface area contributed by atoms with Gasteiger partial charge in [-0.3, -0.25) is 9.69 Å². The summed E-state index contributed by atoms with van der Waals surface area (Å²) in [5, 5.41) is 0.601. The van der Waals surface area contributed by atoms with Gasteiger partial charge in [0.05, 0.1) is 24.8 Å². The van der Waals surface area contributed by atoms with Crippen molar-refractivity contribution in [1.29, 1.82) is 0 Å². The first-order valence-corrected chi connectivity index (χ1v) is 13.0. The summed E-state index contributed by atoms with van der Waals surface area (Å²) in [5.74, 6) is 1.03. The third kappa shape index (κ3) is 6.14. The Morgan fingerprint density at radius 1 is 0.947 bits per heavy atom. The van der Waals surface area contributed by atoms with Crippen LogP contribution in [-0.4, -0.2) is 43.7 Å². The number of halogens is 4. The third-order valence-electron chi connectivity index (χ3n) is 7.04. The van der Waals surface area contributed by atoms with E-state index in [0.29, 0.717) is 60.4 Å². The number of piperidine rings is 1. The molecule has 0 aromatic heterocycles. The number of anilines is 1. The monoisotopic (exact) mass is 544 g/mol. The van der Waals surface area contributed by atoms with E-state index < -0.39 is 17.8 Å². The van der Waals surface area contributed by atoms with E-state index in [0.717, 1.165) is 19.2 Å². The van der Waals surface area contributed by atoms with E-state index in [1.807, 2.05) is 0 Å². The second-order valence-corrected chi connectivity index (χ2v) is 10.0. The van der Waals surface area contributed by atoms with E-state index >= 15 is 0 Å². The lowest BCUT2D eigenvalue weighted by molar-refractivity contribution is -0.137. The number of carbonyl (C=O) groups excluding carboxylic acids is 1. The smallest absolute Gasteiger partial charge is 0.416 e. The molecule has 2 atom stereocenters. The number of amides is 1. The second kappa shape index (κ2) is 11.4. The maximum atomic E-state index is 13.6. The van der Waals surface area contributed by atoms with Gasteiger partial charge in [0.2, 0.25) is 5.91 Å². The first-order chi connectivity index (χ1) is 18.3. The highest BCUT2D eigenvalue weighted by Gasteiger charge is 2.40. The van der Waals surface area contributed by atoms with Crippen LogP contribution in [0, 0.1) is 5.92 Å². The summed E-state index contributed by atoms with van der Waals surface area (Å²) in [6, 6.07) is 18.9. The van der Waals surface area contributed by atoms with Crippen molar-refractivity contribution in [2.75, 3.05) is 37.7 Å². The first-order valence-electron chi connectivity index (χ1n) is 12.6. The zero-order valence-corrected chi connectivity index (χ0v) is 21.4. The van der Waals surface area contributed by atoms with Gasteiger partial charge in [-0.25, -0.2) is 0 Å². The lowest BCUT2D eigenvalue weighted by Gasteiger charge is -2.44. The van der Waals surface area contributed by atoms with Crippen LogP contribution in [0.4, 0.5) is 18.9 Å². The summed E-state index contributed by atoms with van der Waals surface area (Å²) in [7, 11) is 0. The van der Waals surface area contributed by atoms with E-state index in [1.54, 1.807) is 59.5 Å². The van der Waals surface area contributed by atoms with Gasteiger partial charge in [-0.1, -0.05) is 23.7 Å². The maximum absolute atomic E-state index is 13.6. The number of alkyl halides is 3. The summed E-state index contributed by atoms with van der Waals surface area (Å²) in [6.45, 7) is 3.44. The fourth-order valence-corrected chi connectivity index (χ4v) is 5.32. The van der Waals surface area contributed by atoms with Gasteiger partial charge >= 0.3 is 6.18 Å². The molecule has 0 saturated carbocycles. The van der Waals surface area contributed by atoms with Gasteiger partial charge in [0.1, 0.15) is 11.5 Å². The molecule has 0 N–H and O–H groups in total. The van der Waals surface area contributed by atoms with Crippen LogP contribution >= 0.6 is 11.6 Å². The number of nitrogens with zero attached hydrogens (tertiary/aromatic N) is 2. The quantitative estimate of drug-likeness (QED) is 0.336. The number of hydrogen-bond donors (Lipinski definition) is 0. The molecule has 0 aliphatic carbocycles. The summed E-state index contributed by atoms with van der Waals surface area (Å²) in [5.41, 5.74) is 0.380. The molecule has 3 aromatic carbocycles. The Bertz CT molecular complexity index is 1250. The predicted octanol–water partition coefficient (Wildman–Crippen LogP) is 6.97. The molecule has 9 heteroatoms. The van der Waals surface area contributed by atoms with Crippen LogP contribution in [0.15, 0.2) is 72.8 Å². The fraction of sp³-hybridized carbons (Fsp3) is 0.345. The molecular formula is C29H28ClF3N2O3. The Balaban J connectivity index is 1.47. The van der Waals surface area contributed by atoms with Crippen LogP contribution in [0.1, 0.15) is 30.0 Å². The molecule has 1 amide bonds. The molecule has 3 aromatic rings. The summed E-state index contributed by atoms with van der Waals surface area (Å²) < 4.78 is 52.2. The Morgan fingerprint density at radius 3 is 2.26 bits per heavy atom. The van der Waals surface area contributed by atoms with E-state index in [2.05, 4.69) is 4.90 Å². The zero-order valence-electron chi connectivity index (χ0n) is 20.7. The van der Waals surface area contributed by atoms with Crippen LogP contribution in [0.3, 0.4) is 0 Å². The van der Waals surface area contributed by atoms with Crippen molar-refractivity contribution in [3.8, 4) is 11.5 Å². The van der Waals surface area contributed by atoms with Gasteiger partial charge < -0.3 is 14.4 Å². The summed E-state index contributed by atoms with van der Waals surface area (Å²) in [6.07, 6.45) is -3.54. The van der Waals surface area contributed by atoms with Crippen LogP contribution < -0.4 is 9.64 Å². The molecule has 5 rings (SSSR count). The molecule has 0 bridgehead atoms. The molecule has 0 spiro atoms. The average Bonchev–Trinajstić information content (AvgIpc) is 2.91. The van der Waals surface area contributed by atoms with Crippen molar-refractivity contribution in [3.63, 3.8) is 0 Å². The average molecular weight is 545 g/mol. The lowest BCUT2D eigenvalue weighted by atomic mass is 9.82. The fourth-order valence-electron chi connectivity index (χ4n) is 5.20. The topological polar surface area (TPSA) is 42.0 Å². The van der Waals surface area contributed by atoms with Crippen LogP contribution in [0.2, 0.25) is 5.02 Å². The normalized spacial score (nSPS) is 20.9. The molecule has 0 unspecified atom stereocenters. The van der Waals surface area contributed by atoms with Gasteiger partial charge in [0, 0.05) is 36.8 Å². The predicted molar refractivity (Wildman–Crippen MR) is 140 cm³/mol. The van der Waals surface area contributed by atoms with Crippen molar-refractivity contribution in [2.24, 2.45) is 5.92 Å². The van der Waals surface area contributed by atoms with E-state index in [4.69, 9.17) is 21.1 Å². The Morgan fingerprint density at radius 2 is 1.61 bits per heavy atom. The van der Waals surface area contributed by atoms with Gasteiger partial charge in [-0.2, -0.15) is 13.2 Å². The molecule has 2 saturated heterocycles. The number of hydrogen-bond acceptors (Lipinski definition) is 4. The molecule has 2 aliphatic rings. The third-order valence-corrected chi connectivity index (χ3v) is 7.29. The maximum Gasteiger partial charge on any atom is 0.416 e. The largest absolute Gasteiger partial charge is 0.457 e. The van der Waals surface area contributed by atoms with Crippen molar-refractivity contribution in [3.05, 3.63) is 88.9 Å². The number of rotatable bonds is 6. The van der Waals surface area contributed by atoms with Gasteiger partial charge in [0.25, 0.3) is 0 Å². The van der Waals surface area contributed by atoms with Crippen LogP contribution in [0.5, 0.6) is 11.5 Å². The summed E-state index contributed by atoms with van der Waals surface area (Å²) in [4.78, 5) is 17.3. The molecular weight excluding hydrogens is 517 g/mol. The lowest BCUT2D eigenvalue weighted by Crippen LogP contribution is -2.48.